The number of hydrogen-bond donors (Lipinski definition) is 1. The van der Waals surface area contributed by atoms with Gasteiger partial charge in [0.15, 0.2) is 0 Å². The zero-order valence-corrected chi connectivity index (χ0v) is 9.90. The first-order valence-electron chi connectivity index (χ1n) is 5.25. The van der Waals surface area contributed by atoms with Crippen LogP contribution in [0.1, 0.15) is 18.6 Å². The van der Waals surface area contributed by atoms with Crippen molar-refractivity contribution in [1.29, 1.82) is 0 Å². The lowest BCUT2D eigenvalue weighted by molar-refractivity contribution is 0.188. The molecule has 90 valence electrons. The van der Waals surface area contributed by atoms with Crippen LogP contribution in [-0.4, -0.2) is 37.3 Å². The standard InChI is InChI=1S/C12H18FNO2/c1-9(15)11-5-4-10(13)8-12(11)16-7-6-14(2)3/h4-5,8-9,15H,6-7H2,1-3H3. The summed E-state index contributed by atoms with van der Waals surface area (Å²) >= 11 is 0. The lowest BCUT2D eigenvalue weighted by atomic mass is 10.1. The first kappa shape index (κ1) is 12.9. The van der Waals surface area contributed by atoms with Crippen LogP contribution < -0.4 is 4.74 Å². The number of hydrogen-bond acceptors (Lipinski definition) is 3. The molecule has 0 amide bonds. The van der Waals surface area contributed by atoms with Gasteiger partial charge < -0.3 is 14.7 Å². The fraction of sp³-hybridized carbons (Fsp3) is 0.500. The zero-order valence-electron chi connectivity index (χ0n) is 9.90. The van der Waals surface area contributed by atoms with E-state index in [0.717, 1.165) is 6.54 Å². The molecule has 0 saturated carbocycles. The van der Waals surface area contributed by atoms with Crippen molar-refractivity contribution in [3.8, 4) is 5.75 Å². The quantitative estimate of drug-likeness (QED) is 0.832. The summed E-state index contributed by atoms with van der Waals surface area (Å²) in [7, 11) is 3.87. The van der Waals surface area contributed by atoms with Crippen molar-refractivity contribution < 1.29 is 14.2 Å². The molecule has 1 rings (SSSR count). The van der Waals surface area contributed by atoms with Crippen LogP contribution in [-0.2, 0) is 0 Å². The summed E-state index contributed by atoms with van der Waals surface area (Å²) < 4.78 is 18.5. The van der Waals surface area contributed by atoms with Gasteiger partial charge in [-0.05, 0) is 33.2 Å². The summed E-state index contributed by atoms with van der Waals surface area (Å²) in [6.45, 7) is 2.85. The normalized spacial score (nSPS) is 12.9. The van der Waals surface area contributed by atoms with Crippen LogP contribution in [0, 0.1) is 5.82 Å². The molecular formula is C12H18FNO2. The highest BCUT2D eigenvalue weighted by Crippen LogP contribution is 2.25. The number of ether oxygens (including phenoxy) is 1. The zero-order chi connectivity index (χ0) is 12.1. The minimum Gasteiger partial charge on any atom is -0.492 e. The molecule has 0 saturated heterocycles. The van der Waals surface area contributed by atoms with E-state index in [0.29, 0.717) is 17.9 Å². The van der Waals surface area contributed by atoms with Gasteiger partial charge in [-0.25, -0.2) is 4.39 Å². The Morgan fingerprint density at radius 2 is 2.12 bits per heavy atom. The Morgan fingerprint density at radius 1 is 1.44 bits per heavy atom. The molecule has 4 heteroatoms. The van der Waals surface area contributed by atoms with Crippen molar-refractivity contribution in [3.05, 3.63) is 29.6 Å². The Kier molecular flexibility index (Phi) is 4.71. The summed E-state index contributed by atoms with van der Waals surface area (Å²) in [5.41, 5.74) is 0.611. The highest BCUT2D eigenvalue weighted by Gasteiger charge is 2.10. The Bertz CT molecular complexity index is 340. The van der Waals surface area contributed by atoms with Crippen LogP contribution in [0.3, 0.4) is 0 Å². The number of aliphatic hydroxyl groups excluding tert-OH is 1. The SMILES string of the molecule is CC(O)c1ccc(F)cc1OCCN(C)C. The predicted octanol–water partition coefficient (Wildman–Crippen LogP) is 1.82. The molecular weight excluding hydrogens is 209 g/mol. The van der Waals surface area contributed by atoms with Crippen LogP contribution in [0.2, 0.25) is 0 Å². The van der Waals surface area contributed by atoms with E-state index in [9.17, 15) is 9.50 Å². The number of benzene rings is 1. The van der Waals surface area contributed by atoms with Crippen LogP contribution in [0.4, 0.5) is 4.39 Å². The van der Waals surface area contributed by atoms with Gasteiger partial charge >= 0.3 is 0 Å². The molecule has 16 heavy (non-hydrogen) atoms. The van der Waals surface area contributed by atoms with Crippen molar-refractivity contribution in [3.63, 3.8) is 0 Å². The minimum atomic E-state index is -0.657. The average molecular weight is 227 g/mol. The molecule has 0 aromatic heterocycles. The predicted molar refractivity (Wildman–Crippen MR) is 61.1 cm³/mol. The molecule has 0 aliphatic carbocycles. The third-order valence-electron chi connectivity index (χ3n) is 2.22. The van der Waals surface area contributed by atoms with Crippen LogP contribution >= 0.6 is 0 Å². The first-order chi connectivity index (χ1) is 7.50. The van der Waals surface area contributed by atoms with Crippen molar-refractivity contribution in [1.82, 2.24) is 4.90 Å². The summed E-state index contributed by atoms with van der Waals surface area (Å²) in [6, 6.07) is 4.17. The monoisotopic (exact) mass is 227 g/mol. The number of rotatable bonds is 5. The molecule has 3 nitrogen and oxygen atoms in total. The van der Waals surface area contributed by atoms with E-state index in [1.54, 1.807) is 13.0 Å². The highest BCUT2D eigenvalue weighted by molar-refractivity contribution is 5.35. The van der Waals surface area contributed by atoms with Gasteiger partial charge in [0.25, 0.3) is 0 Å². The highest BCUT2D eigenvalue weighted by atomic mass is 19.1. The maximum Gasteiger partial charge on any atom is 0.128 e. The molecule has 1 N–H and O–H groups in total. The van der Waals surface area contributed by atoms with E-state index >= 15 is 0 Å². The van der Waals surface area contributed by atoms with Crippen molar-refractivity contribution in [2.24, 2.45) is 0 Å². The maximum absolute atomic E-state index is 13.0. The summed E-state index contributed by atoms with van der Waals surface area (Å²) in [5, 5.41) is 9.49. The third-order valence-corrected chi connectivity index (χ3v) is 2.22. The Labute approximate surface area is 95.5 Å². The molecule has 0 fully saturated rings. The van der Waals surface area contributed by atoms with Gasteiger partial charge in [0.2, 0.25) is 0 Å². The number of aliphatic hydroxyl groups is 1. The van der Waals surface area contributed by atoms with E-state index in [4.69, 9.17) is 4.74 Å². The average Bonchev–Trinajstić information content (AvgIpc) is 2.16. The van der Waals surface area contributed by atoms with E-state index in [1.165, 1.54) is 12.1 Å². The van der Waals surface area contributed by atoms with Crippen molar-refractivity contribution in [2.75, 3.05) is 27.2 Å². The van der Waals surface area contributed by atoms with E-state index in [2.05, 4.69) is 0 Å². The minimum absolute atomic E-state index is 0.357. The Balaban J connectivity index is 2.72. The largest absolute Gasteiger partial charge is 0.492 e. The van der Waals surface area contributed by atoms with Gasteiger partial charge in [0, 0.05) is 18.2 Å². The lowest BCUT2D eigenvalue weighted by Crippen LogP contribution is -2.19. The van der Waals surface area contributed by atoms with E-state index in [1.807, 2.05) is 19.0 Å². The lowest BCUT2D eigenvalue weighted by Gasteiger charge is -2.15. The van der Waals surface area contributed by atoms with Crippen molar-refractivity contribution in [2.45, 2.75) is 13.0 Å². The third kappa shape index (κ3) is 3.79. The molecule has 1 atom stereocenters. The molecule has 1 aromatic carbocycles. The smallest absolute Gasteiger partial charge is 0.128 e. The summed E-state index contributed by atoms with van der Waals surface area (Å²) in [4.78, 5) is 1.97. The van der Waals surface area contributed by atoms with Gasteiger partial charge in [-0.3, -0.25) is 0 Å². The van der Waals surface area contributed by atoms with Gasteiger partial charge in [-0.15, -0.1) is 0 Å². The molecule has 0 spiro atoms. The van der Waals surface area contributed by atoms with Crippen LogP contribution in [0.5, 0.6) is 5.75 Å². The first-order valence-corrected chi connectivity index (χ1v) is 5.25. The van der Waals surface area contributed by atoms with Gasteiger partial charge in [0.05, 0.1) is 6.10 Å². The topological polar surface area (TPSA) is 32.7 Å². The van der Waals surface area contributed by atoms with Gasteiger partial charge in [-0.2, -0.15) is 0 Å². The molecule has 0 heterocycles. The summed E-state index contributed by atoms with van der Waals surface area (Å²) in [5.74, 6) is 0.0566. The second-order valence-corrected chi connectivity index (χ2v) is 4.01. The number of nitrogens with zero attached hydrogens (tertiary/aromatic N) is 1. The van der Waals surface area contributed by atoms with E-state index < -0.39 is 6.10 Å². The van der Waals surface area contributed by atoms with Gasteiger partial charge in [0.1, 0.15) is 18.2 Å². The van der Waals surface area contributed by atoms with Crippen molar-refractivity contribution >= 4 is 0 Å². The van der Waals surface area contributed by atoms with Crippen LogP contribution in [0.15, 0.2) is 18.2 Å². The fourth-order valence-corrected chi connectivity index (χ4v) is 1.32. The Hall–Kier alpha value is -1.13. The molecule has 0 bridgehead atoms. The molecule has 0 aliphatic heterocycles. The Morgan fingerprint density at radius 3 is 2.69 bits per heavy atom. The number of halogens is 1. The second-order valence-electron chi connectivity index (χ2n) is 4.01. The fourth-order valence-electron chi connectivity index (χ4n) is 1.32. The molecule has 1 unspecified atom stereocenters. The van der Waals surface area contributed by atoms with Crippen LogP contribution in [0.25, 0.3) is 0 Å². The van der Waals surface area contributed by atoms with E-state index in [-0.39, 0.29) is 5.82 Å². The molecule has 0 radical (unpaired) electrons. The maximum atomic E-state index is 13.0. The molecule has 0 aliphatic rings. The molecule has 1 aromatic rings. The second kappa shape index (κ2) is 5.82. The van der Waals surface area contributed by atoms with Gasteiger partial charge in [-0.1, -0.05) is 0 Å². The number of likely N-dealkylation sites (N-methyl/N-ethyl adjacent to an activating group) is 1. The summed E-state index contributed by atoms with van der Waals surface area (Å²) in [6.07, 6.45) is -0.657.